The van der Waals surface area contributed by atoms with Gasteiger partial charge in [-0.15, -0.1) is 13.2 Å². The molecule has 1 rings (SSSR count). The smallest absolute Gasteiger partial charge is 0.506 e. The Hall–Kier alpha value is -2.19. The number of halogens is 3. The van der Waals surface area contributed by atoms with Crippen molar-refractivity contribution in [3.8, 4) is 17.4 Å². The number of aromatic hydroxyl groups is 1. The van der Waals surface area contributed by atoms with Crippen molar-refractivity contribution in [3.05, 3.63) is 11.8 Å². The molecule has 0 fully saturated rings. The number of aromatic nitrogens is 1. The molecule has 0 saturated heterocycles. The van der Waals surface area contributed by atoms with E-state index in [4.69, 9.17) is 0 Å². The first-order chi connectivity index (χ1) is 9.26. The van der Waals surface area contributed by atoms with Gasteiger partial charge in [0.2, 0.25) is 0 Å². The molecular weight excluding hydrogens is 283 g/mol. The minimum Gasteiger partial charge on any atom is -0.506 e. The van der Waals surface area contributed by atoms with Crippen molar-refractivity contribution in [2.45, 2.75) is 19.7 Å². The Kier molecular flexibility index (Phi) is 5.00. The number of carbonyl (C=O) groups is 1. The first-order valence-electron chi connectivity index (χ1n) is 5.45. The number of hydrogen-bond acceptors (Lipinski definition) is 6. The second kappa shape index (κ2) is 6.31. The summed E-state index contributed by atoms with van der Waals surface area (Å²) >= 11 is 0. The lowest BCUT2D eigenvalue weighted by Gasteiger charge is -2.13. The van der Waals surface area contributed by atoms with Gasteiger partial charge in [0.25, 0.3) is 5.88 Å². The van der Waals surface area contributed by atoms with E-state index in [1.165, 1.54) is 0 Å². The van der Waals surface area contributed by atoms with Crippen LogP contribution in [0.5, 0.6) is 17.4 Å². The summed E-state index contributed by atoms with van der Waals surface area (Å²) in [6, 6.07) is 0.674. The van der Waals surface area contributed by atoms with Gasteiger partial charge in [-0.2, -0.15) is 0 Å². The van der Waals surface area contributed by atoms with Gasteiger partial charge in [0.05, 0.1) is 25.8 Å². The van der Waals surface area contributed by atoms with Crippen LogP contribution >= 0.6 is 0 Å². The van der Waals surface area contributed by atoms with Crippen LogP contribution in [0.15, 0.2) is 6.07 Å². The van der Waals surface area contributed by atoms with Crippen LogP contribution < -0.4 is 9.47 Å². The minimum atomic E-state index is -4.95. The van der Waals surface area contributed by atoms with Crippen molar-refractivity contribution in [2.24, 2.45) is 0 Å². The number of ether oxygens (including phenoxy) is 3. The lowest BCUT2D eigenvalue weighted by atomic mass is 10.2. The second-order valence-electron chi connectivity index (χ2n) is 3.49. The van der Waals surface area contributed by atoms with Crippen LogP contribution in [-0.4, -0.2) is 36.1 Å². The van der Waals surface area contributed by atoms with E-state index in [9.17, 15) is 23.1 Å². The maximum atomic E-state index is 12.1. The summed E-state index contributed by atoms with van der Waals surface area (Å²) in [6.45, 7) is 1.72. The Balaban J connectivity index is 3.03. The molecule has 0 spiro atoms. The van der Waals surface area contributed by atoms with Crippen LogP contribution in [0, 0.1) is 0 Å². The van der Waals surface area contributed by atoms with Crippen molar-refractivity contribution in [2.75, 3.05) is 13.7 Å². The first-order valence-corrected chi connectivity index (χ1v) is 5.45. The SMILES string of the molecule is CCOC(=O)Cc1nc(OC)c(OC(F)(F)F)cc1O. The number of rotatable bonds is 5. The molecule has 0 bridgehead atoms. The van der Waals surface area contributed by atoms with E-state index < -0.39 is 36.1 Å². The number of nitrogens with zero attached hydrogens (tertiary/aromatic N) is 1. The zero-order chi connectivity index (χ0) is 15.3. The number of hydrogen-bond donors (Lipinski definition) is 1. The standard InChI is InChI=1S/C11H12F3NO5/c1-3-19-9(17)4-6-7(16)5-8(10(15-6)18-2)20-11(12,13)14/h5,16H,3-4H2,1-2H3. The molecule has 9 heteroatoms. The fourth-order valence-electron chi connectivity index (χ4n) is 1.33. The zero-order valence-electron chi connectivity index (χ0n) is 10.7. The molecule has 0 aromatic carbocycles. The predicted octanol–water partition coefficient (Wildman–Crippen LogP) is 1.80. The lowest BCUT2D eigenvalue weighted by molar-refractivity contribution is -0.275. The van der Waals surface area contributed by atoms with Crippen LogP contribution in [0.2, 0.25) is 0 Å². The highest BCUT2D eigenvalue weighted by Gasteiger charge is 2.33. The Morgan fingerprint density at radius 1 is 1.45 bits per heavy atom. The molecule has 1 aromatic heterocycles. The van der Waals surface area contributed by atoms with E-state index in [-0.39, 0.29) is 12.3 Å². The van der Waals surface area contributed by atoms with Gasteiger partial charge in [-0.1, -0.05) is 0 Å². The molecule has 0 atom stereocenters. The minimum absolute atomic E-state index is 0.131. The van der Waals surface area contributed by atoms with Gasteiger partial charge in [0.1, 0.15) is 5.75 Å². The molecule has 1 N–H and O–H groups in total. The fraction of sp³-hybridized carbons (Fsp3) is 0.455. The molecular formula is C11H12F3NO5. The third-order valence-electron chi connectivity index (χ3n) is 2.05. The zero-order valence-corrected chi connectivity index (χ0v) is 10.7. The Morgan fingerprint density at radius 3 is 2.60 bits per heavy atom. The predicted molar refractivity (Wildman–Crippen MR) is 59.5 cm³/mol. The normalized spacial score (nSPS) is 11.1. The lowest BCUT2D eigenvalue weighted by Crippen LogP contribution is -2.18. The van der Waals surface area contributed by atoms with Crippen molar-refractivity contribution >= 4 is 5.97 Å². The van der Waals surface area contributed by atoms with E-state index in [1.54, 1.807) is 6.92 Å². The summed E-state index contributed by atoms with van der Waals surface area (Å²) in [5.41, 5.74) is -0.171. The fourth-order valence-corrected chi connectivity index (χ4v) is 1.33. The van der Waals surface area contributed by atoms with Crippen LogP contribution in [0.25, 0.3) is 0 Å². The van der Waals surface area contributed by atoms with E-state index in [2.05, 4.69) is 19.2 Å². The van der Waals surface area contributed by atoms with E-state index in [0.29, 0.717) is 6.07 Å². The van der Waals surface area contributed by atoms with Gasteiger partial charge < -0.3 is 19.3 Å². The molecule has 20 heavy (non-hydrogen) atoms. The van der Waals surface area contributed by atoms with Crippen LogP contribution in [0.3, 0.4) is 0 Å². The number of methoxy groups -OCH3 is 1. The van der Waals surface area contributed by atoms with Crippen molar-refractivity contribution in [3.63, 3.8) is 0 Å². The summed E-state index contributed by atoms with van der Waals surface area (Å²) in [5.74, 6) is -2.61. The quantitative estimate of drug-likeness (QED) is 0.835. The van der Waals surface area contributed by atoms with Crippen molar-refractivity contribution in [1.29, 1.82) is 0 Å². The Morgan fingerprint density at radius 2 is 2.10 bits per heavy atom. The van der Waals surface area contributed by atoms with Gasteiger partial charge in [0.15, 0.2) is 5.75 Å². The van der Waals surface area contributed by atoms with E-state index in [0.717, 1.165) is 7.11 Å². The maximum absolute atomic E-state index is 12.1. The van der Waals surface area contributed by atoms with Crippen LogP contribution in [-0.2, 0) is 16.0 Å². The monoisotopic (exact) mass is 295 g/mol. The molecule has 6 nitrogen and oxygen atoms in total. The third-order valence-corrected chi connectivity index (χ3v) is 2.05. The van der Waals surface area contributed by atoms with Crippen LogP contribution in [0.4, 0.5) is 13.2 Å². The number of alkyl halides is 3. The summed E-state index contributed by atoms with van der Waals surface area (Å²) in [6.07, 6.45) is -5.35. The van der Waals surface area contributed by atoms with Gasteiger partial charge in [0, 0.05) is 6.07 Å². The highest BCUT2D eigenvalue weighted by atomic mass is 19.4. The first kappa shape index (κ1) is 15.9. The summed E-state index contributed by atoms with van der Waals surface area (Å²) in [4.78, 5) is 14.9. The van der Waals surface area contributed by atoms with Gasteiger partial charge in [-0.25, -0.2) is 4.98 Å². The van der Waals surface area contributed by atoms with E-state index >= 15 is 0 Å². The summed E-state index contributed by atoms with van der Waals surface area (Å²) in [5, 5.41) is 9.55. The highest BCUT2D eigenvalue weighted by molar-refractivity contribution is 5.73. The molecule has 0 aliphatic carbocycles. The van der Waals surface area contributed by atoms with Gasteiger partial charge in [-0.3, -0.25) is 4.79 Å². The summed E-state index contributed by atoms with van der Waals surface area (Å²) < 4.78 is 49.3. The van der Waals surface area contributed by atoms with Crippen molar-refractivity contribution in [1.82, 2.24) is 4.98 Å². The second-order valence-corrected chi connectivity index (χ2v) is 3.49. The van der Waals surface area contributed by atoms with Crippen LogP contribution in [0.1, 0.15) is 12.6 Å². The number of pyridine rings is 1. The summed E-state index contributed by atoms with van der Waals surface area (Å²) in [7, 11) is 1.08. The molecule has 0 aliphatic rings. The van der Waals surface area contributed by atoms with Gasteiger partial charge >= 0.3 is 12.3 Å². The van der Waals surface area contributed by atoms with Gasteiger partial charge in [-0.05, 0) is 6.92 Å². The Labute approximate surface area is 112 Å². The average molecular weight is 295 g/mol. The topological polar surface area (TPSA) is 77.9 Å². The average Bonchev–Trinajstić information content (AvgIpc) is 2.31. The number of esters is 1. The van der Waals surface area contributed by atoms with Crippen molar-refractivity contribution < 1.29 is 37.3 Å². The largest absolute Gasteiger partial charge is 0.573 e. The molecule has 0 amide bonds. The maximum Gasteiger partial charge on any atom is 0.573 e. The molecule has 1 aromatic rings. The molecule has 1 heterocycles. The third kappa shape index (κ3) is 4.48. The number of carbonyl (C=O) groups excluding carboxylic acids is 1. The molecule has 0 unspecified atom stereocenters. The molecule has 0 saturated carbocycles. The molecule has 112 valence electrons. The Bertz CT molecular complexity index is 490. The molecule has 0 aliphatic heterocycles. The van der Waals surface area contributed by atoms with E-state index in [1.807, 2.05) is 0 Å². The molecule has 0 radical (unpaired) electrons. The highest BCUT2D eigenvalue weighted by Crippen LogP contribution is 2.34.